The Morgan fingerprint density at radius 3 is 2.76 bits per heavy atom. The fraction of sp³-hybridized carbons (Fsp3) is 0.643. The highest BCUT2D eigenvalue weighted by molar-refractivity contribution is 7.14. The quantitative estimate of drug-likeness (QED) is 0.691. The number of hydrogen-bond acceptors (Lipinski definition) is 3. The highest BCUT2D eigenvalue weighted by Gasteiger charge is 2.30. The molecule has 2 nitrogen and oxygen atoms in total. The lowest BCUT2D eigenvalue weighted by atomic mass is 10.2. The number of aryl methyl sites for hydroxylation is 1. The van der Waals surface area contributed by atoms with Gasteiger partial charge in [0.2, 0.25) is 0 Å². The summed E-state index contributed by atoms with van der Waals surface area (Å²) in [6.45, 7) is 5.95. The first-order valence-corrected chi connectivity index (χ1v) is 7.36. The SMILES string of the molecule is CCCCN(CC(=O)c1ccc(C)s1)C1CC1. The molecular formula is C14H21NOS. The van der Waals surface area contributed by atoms with Crippen LogP contribution >= 0.6 is 11.3 Å². The molecule has 0 saturated heterocycles. The van der Waals surface area contributed by atoms with Crippen LogP contribution in [0.3, 0.4) is 0 Å². The Labute approximate surface area is 108 Å². The van der Waals surface area contributed by atoms with Gasteiger partial charge >= 0.3 is 0 Å². The molecule has 1 aliphatic rings. The smallest absolute Gasteiger partial charge is 0.186 e. The molecule has 0 unspecified atom stereocenters. The van der Waals surface area contributed by atoms with Gasteiger partial charge < -0.3 is 0 Å². The van der Waals surface area contributed by atoms with Gasteiger partial charge in [-0.1, -0.05) is 13.3 Å². The molecule has 1 aromatic heterocycles. The summed E-state index contributed by atoms with van der Waals surface area (Å²) in [5.41, 5.74) is 0. The van der Waals surface area contributed by atoms with Gasteiger partial charge in [-0.3, -0.25) is 9.69 Å². The maximum absolute atomic E-state index is 12.1. The van der Waals surface area contributed by atoms with Gasteiger partial charge in [-0.25, -0.2) is 0 Å². The van der Waals surface area contributed by atoms with E-state index in [1.165, 1.54) is 30.6 Å². The largest absolute Gasteiger partial charge is 0.293 e. The van der Waals surface area contributed by atoms with Gasteiger partial charge in [0.1, 0.15) is 0 Å². The number of nitrogens with zero attached hydrogens (tertiary/aromatic N) is 1. The van der Waals surface area contributed by atoms with E-state index in [4.69, 9.17) is 0 Å². The predicted octanol–water partition coefficient (Wildman–Crippen LogP) is 3.50. The van der Waals surface area contributed by atoms with E-state index in [9.17, 15) is 4.79 Å². The van der Waals surface area contributed by atoms with Crippen molar-refractivity contribution in [3.63, 3.8) is 0 Å². The van der Waals surface area contributed by atoms with Gasteiger partial charge in [-0.05, 0) is 44.9 Å². The van der Waals surface area contributed by atoms with Crippen molar-refractivity contribution in [2.45, 2.75) is 45.6 Å². The topological polar surface area (TPSA) is 20.3 Å². The van der Waals surface area contributed by atoms with Crippen LogP contribution < -0.4 is 0 Å². The van der Waals surface area contributed by atoms with Crippen LogP contribution in [-0.2, 0) is 0 Å². The zero-order chi connectivity index (χ0) is 12.3. The van der Waals surface area contributed by atoms with Crippen molar-refractivity contribution in [3.05, 3.63) is 21.9 Å². The molecule has 0 N–H and O–H groups in total. The van der Waals surface area contributed by atoms with Crippen LogP contribution in [0.2, 0.25) is 0 Å². The fourth-order valence-corrected chi connectivity index (χ4v) is 2.84. The van der Waals surface area contributed by atoms with Gasteiger partial charge in [0.05, 0.1) is 11.4 Å². The summed E-state index contributed by atoms with van der Waals surface area (Å²) in [6, 6.07) is 4.69. The van der Waals surface area contributed by atoms with E-state index in [2.05, 4.69) is 18.7 Å². The van der Waals surface area contributed by atoms with Crippen molar-refractivity contribution in [1.82, 2.24) is 4.90 Å². The molecule has 2 rings (SSSR count). The van der Waals surface area contributed by atoms with Crippen LogP contribution in [0, 0.1) is 6.92 Å². The molecule has 3 heteroatoms. The zero-order valence-electron chi connectivity index (χ0n) is 10.7. The number of unbranched alkanes of at least 4 members (excludes halogenated alkanes) is 1. The Kier molecular flexibility index (Phi) is 4.35. The van der Waals surface area contributed by atoms with Gasteiger partial charge in [0, 0.05) is 10.9 Å². The Morgan fingerprint density at radius 1 is 1.47 bits per heavy atom. The van der Waals surface area contributed by atoms with E-state index in [1.807, 2.05) is 12.1 Å². The Hall–Kier alpha value is -0.670. The van der Waals surface area contributed by atoms with Crippen LogP contribution in [0.15, 0.2) is 12.1 Å². The standard InChI is InChI=1S/C14H21NOS/c1-3-4-9-15(12-6-7-12)10-13(16)14-8-5-11(2)17-14/h5,8,12H,3-4,6-7,9-10H2,1-2H3. The minimum absolute atomic E-state index is 0.297. The number of thiophene rings is 1. The van der Waals surface area contributed by atoms with Crippen LogP contribution in [0.25, 0.3) is 0 Å². The molecule has 0 atom stereocenters. The maximum atomic E-state index is 12.1. The summed E-state index contributed by atoms with van der Waals surface area (Å²) in [4.78, 5) is 16.7. The minimum Gasteiger partial charge on any atom is -0.293 e. The van der Waals surface area contributed by atoms with Crippen LogP contribution in [0.5, 0.6) is 0 Å². The Morgan fingerprint density at radius 2 is 2.24 bits per heavy atom. The third-order valence-corrected chi connectivity index (χ3v) is 4.27. The average molecular weight is 251 g/mol. The molecule has 94 valence electrons. The van der Waals surface area contributed by atoms with Crippen molar-refractivity contribution in [1.29, 1.82) is 0 Å². The second-order valence-electron chi connectivity index (χ2n) is 4.89. The molecule has 1 aliphatic carbocycles. The summed E-state index contributed by atoms with van der Waals surface area (Å²) in [6.07, 6.45) is 4.96. The summed E-state index contributed by atoms with van der Waals surface area (Å²) < 4.78 is 0. The van der Waals surface area contributed by atoms with E-state index >= 15 is 0 Å². The van der Waals surface area contributed by atoms with E-state index in [0.717, 1.165) is 11.4 Å². The fourth-order valence-electron chi connectivity index (χ4n) is 2.04. The van der Waals surface area contributed by atoms with Crippen molar-refractivity contribution in [3.8, 4) is 0 Å². The van der Waals surface area contributed by atoms with Gasteiger partial charge in [0.15, 0.2) is 5.78 Å². The van der Waals surface area contributed by atoms with Gasteiger partial charge in [-0.15, -0.1) is 11.3 Å². The first kappa shape index (κ1) is 12.8. The van der Waals surface area contributed by atoms with Crippen LogP contribution in [0.4, 0.5) is 0 Å². The van der Waals surface area contributed by atoms with E-state index in [1.54, 1.807) is 11.3 Å². The average Bonchev–Trinajstić information content (AvgIpc) is 3.06. The number of carbonyl (C=O) groups is 1. The molecule has 17 heavy (non-hydrogen) atoms. The molecular weight excluding hydrogens is 230 g/mol. The second-order valence-corrected chi connectivity index (χ2v) is 6.18. The molecule has 1 saturated carbocycles. The highest BCUT2D eigenvalue weighted by atomic mass is 32.1. The van der Waals surface area contributed by atoms with Crippen LogP contribution in [0.1, 0.15) is 47.2 Å². The van der Waals surface area contributed by atoms with Crippen molar-refractivity contribution < 1.29 is 4.79 Å². The lowest BCUT2D eigenvalue weighted by Crippen LogP contribution is -2.32. The maximum Gasteiger partial charge on any atom is 0.186 e. The number of Topliss-reactive ketones (excluding diaryl/α,β-unsaturated/α-hetero) is 1. The number of hydrogen-bond donors (Lipinski definition) is 0. The van der Waals surface area contributed by atoms with E-state index in [-0.39, 0.29) is 0 Å². The molecule has 1 fully saturated rings. The monoisotopic (exact) mass is 251 g/mol. The summed E-state index contributed by atoms with van der Waals surface area (Å²) >= 11 is 1.62. The number of carbonyl (C=O) groups excluding carboxylic acids is 1. The second kappa shape index (κ2) is 5.78. The highest BCUT2D eigenvalue weighted by Crippen LogP contribution is 2.27. The van der Waals surface area contributed by atoms with E-state index in [0.29, 0.717) is 18.4 Å². The molecule has 1 aromatic rings. The van der Waals surface area contributed by atoms with Crippen molar-refractivity contribution in [2.24, 2.45) is 0 Å². The third-order valence-electron chi connectivity index (χ3n) is 3.22. The summed E-state index contributed by atoms with van der Waals surface area (Å²) in [5, 5.41) is 0. The molecule has 0 aliphatic heterocycles. The molecule has 0 radical (unpaired) electrons. The van der Waals surface area contributed by atoms with Gasteiger partial charge in [-0.2, -0.15) is 0 Å². The molecule has 0 spiro atoms. The minimum atomic E-state index is 0.297. The number of ketones is 1. The lowest BCUT2D eigenvalue weighted by Gasteiger charge is -2.20. The molecule has 0 bridgehead atoms. The molecule has 0 aromatic carbocycles. The Balaban J connectivity index is 1.90. The normalized spacial score (nSPS) is 15.5. The summed E-state index contributed by atoms with van der Waals surface area (Å²) in [5.74, 6) is 0.297. The van der Waals surface area contributed by atoms with Crippen LogP contribution in [-0.4, -0.2) is 29.8 Å². The first-order valence-electron chi connectivity index (χ1n) is 6.54. The molecule has 0 amide bonds. The van der Waals surface area contributed by atoms with Gasteiger partial charge in [0.25, 0.3) is 0 Å². The van der Waals surface area contributed by atoms with E-state index < -0.39 is 0 Å². The number of rotatable bonds is 7. The first-order chi connectivity index (χ1) is 8.20. The molecule has 1 heterocycles. The zero-order valence-corrected chi connectivity index (χ0v) is 11.6. The van der Waals surface area contributed by atoms with Crippen molar-refractivity contribution >= 4 is 17.1 Å². The predicted molar refractivity (Wildman–Crippen MR) is 72.9 cm³/mol. The summed E-state index contributed by atoms with van der Waals surface area (Å²) in [7, 11) is 0. The lowest BCUT2D eigenvalue weighted by molar-refractivity contribution is 0.0927. The third kappa shape index (κ3) is 3.65. The van der Waals surface area contributed by atoms with Crippen molar-refractivity contribution in [2.75, 3.05) is 13.1 Å². The Bertz CT molecular complexity index is 381.